The zero-order valence-electron chi connectivity index (χ0n) is 7.23. The standard InChI is InChI=1S/C9H12Cl2O/c1-8(2)6-9(8,3-4-12)5-7(10)11/h4-5H,3,6H2,1-2H3. The Kier molecular flexibility index (Phi) is 2.55. The fourth-order valence-electron chi connectivity index (χ4n) is 1.76. The van der Waals surface area contributed by atoms with Gasteiger partial charge in [0.15, 0.2) is 0 Å². The Labute approximate surface area is 82.7 Å². The third kappa shape index (κ3) is 1.67. The normalized spacial score (nSPS) is 31.0. The van der Waals surface area contributed by atoms with Crippen molar-refractivity contribution in [3.63, 3.8) is 0 Å². The topological polar surface area (TPSA) is 17.1 Å². The van der Waals surface area contributed by atoms with Crippen LogP contribution in [-0.2, 0) is 4.79 Å². The molecule has 0 aromatic carbocycles. The van der Waals surface area contributed by atoms with Crippen LogP contribution in [-0.4, -0.2) is 6.29 Å². The predicted molar refractivity (Wildman–Crippen MR) is 51.3 cm³/mol. The first-order chi connectivity index (χ1) is 5.43. The summed E-state index contributed by atoms with van der Waals surface area (Å²) >= 11 is 11.2. The first kappa shape index (κ1) is 10.1. The van der Waals surface area contributed by atoms with Gasteiger partial charge in [-0.1, -0.05) is 37.0 Å². The molecule has 1 nitrogen and oxygen atoms in total. The number of carbonyl (C=O) groups is 1. The fraction of sp³-hybridized carbons (Fsp3) is 0.667. The number of hydrogen-bond acceptors (Lipinski definition) is 1. The lowest BCUT2D eigenvalue weighted by atomic mass is 9.93. The molecule has 0 aromatic heterocycles. The molecule has 0 spiro atoms. The Morgan fingerprint density at radius 3 is 2.25 bits per heavy atom. The quantitative estimate of drug-likeness (QED) is 0.649. The van der Waals surface area contributed by atoms with Crippen molar-refractivity contribution in [3.05, 3.63) is 10.6 Å². The second kappa shape index (κ2) is 3.04. The van der Waals surface area contributed by atoms with Crippen LogP contribution in [0.3, 0.4) is 0 Å². The molecule has 0 N–H and O–H groups in total. The molecular weight excluding hydrogens is 195 g/mol. The lowest BCUT2D eigenvalue weighted by Gasteiger charge is -2.12. The van der Waals surface area contributed by atoms with E-state index >= 15 is 0 Å². The van der Waals surface area contributed by atoms with E-state index in [4.69, 9.17) is 23.2 Å². The Hall–Kier alpha value is -0.0100. The summed E-state index contributed by atoms with van der Waals surface area (Å²) in [4.78, 5) is 10.4. The highest BCUT2D eigenvalue weighted by Gasteiger charge is 2.59. The van der Waals surface area contributed by atoms with E-state index in [0.717, 1.165) is 12.7 Å². The Morgan fingerprint density at radius 1 is 1.50 bits per heavy atom. The lowest BCUT2D eigenvalue weighted by molar-refractivity contribution is -0.108. The summed E-state index contributed by atoms with van der Waals surface area (Å²) in [6.45, 7) is 4.23. The van der Waals surface area contributed by atoms with E-state index < -0.39 is 0 Å². The molecule has 1 rings (SSSR count). The van der Waals surface area contributed by atoms with Gasteiger partial charge in [0.1, 0.15) is 10.8 Å². The summed E-state index contributed by atoms with van der Waals surface area (Å²) in [5, 5.41) is 0. The zero-order chi connectivity index (χ0) is 9.41. The maximum atomic E-state index is 10.4. The van der Waals surface area contributed by atoms with Crippen LogP contribution in [0.5, 0.6) is 0 Å². The molecule has 1 aliphatic carbocycles. The number of carbonyl (C=O) groups excluding carboxylic acids is 1. The van der Waals surface area contributed by atoms with Gasteiger partial charge >= 0.3 is 0 Å². The van der Waals surface area contributed by atoms with Gasteiger partial charge in [-0.05, 0) is 17.9 Å². The second-order valence-electron chi connectivity index (χ2n) is 4.02. The van der Waals surface area contributed by atoms with E-state index in [2.05, 4.69) is 13.8 Å². The van der Waals surface area contributed by atoms with Gasteiger partial charge in [0, 0.05) is 11.8 Å². The molecule has 0 bridgehead atoms. The third-order valence-electron chi connectivity index (χ3n) is 2.81. The molecule has 1 saturated carbocycles. The molecule has 0 amide bonds. The third-order valence-corrected chi connectivity index (χ3v) is 3.03. The molecule has 12 heavy (non-hydrogen) atoms. The summed E-state index contributed by atoms with van der Waals surface area (Å²) in [5.41, 5.74) is 0.0938. The van der Waals surface area contributed by atoms with Gasteiger partial charge in [-0.25, -0.2) is 0 Å². The van der Waals surface area contributed by atoms with Gasteiger partial charge in [-0.15, -0.1) is 0 Å². The molecule has 0 radical (unpaired) electrons. The number of aldehydes is 1. The van der Waals surface area contributed by atoms with Crippen LogP contribution < -0.4 is 0 Å². The van der Waals surface area contributed by atoms with E-state index in [1.165, 1.54) is 0 Å². The van der Waals surface area contributed by atoms with Crippen molar-refractivity contribution in [3.8, 4) is 0 Å². The molecule has 3 heteroatoms. The van der Waals surface area contributed by atoms with Gasteiger partial charge in [0.05, 0.1) is 0 Å². The minimum Gasteiger partial charge on any atom is -0.303 e. The smallest absolute Gasteiger partial charge is 0.120 e. The van der Waals surface area contributed by atoms with Crippen molar-refractivity contribution < 1.29 is 4.79 Å². The largest absolute Gasteiger partial charge is 0.303 e. The molecule has 0 heterocycles. The minimum absolute atomic E-state index is 0.0758. The van der Waals surface area contributed by atoms with Gasteiger partial charge in [-0.2, -0.15) is 0 Å². The van der Waals surface area contributed by atoms with E-state index in [9.17, 15) is 4.79 Å². The molecule has 1 atom stereocenters. The molecule has 1 fully saturated rings. The zero-order valence-corrected chi connectivity index (χ0v) is 8.74. The highest BCUT2D eigenvalue weighted by Crippen LogP contribution is 2.66. The van der Waals surface area contributed by atoms with Crippen molar-refractivity contribution in [1.29, 1.82) is 0 Å². The predicted octanol–water partition coefficient (Wildman–Crippen LogP) is 3.31. The van der Waals surface area contributed by atoms with E-state index in [0.29, 0.717) is 6.42 Å². The molecule has 0 aromatic rings. The summed E-state index contributed by atoms with van der Waals surface area (Å²) < 4.78 is 0.266. The molecular formula is C9H12Cl2O. The molecule has 0 saturated heterocycles. The lowest BCUT2D eigenvalue weighted by Crippen LogP contribution is -2.06. The van der Waals surface area contributed by atoms with Crippen LogP contribution in [0.1, 0.15) is 26.7 Å². The van der Waals surface area contributed by atoms with Crippen LogP contribution in [0.2, 0.25) is 0 Å². The van der Waals surface area contributed by atoms with Crippen LogP contribution in [0.4, 0.5) is 0 Å². The summed E-state index contributed by atoms with van der Waals surface area (Å²) in [7, 11) is 0. The average Bonchev–Trinajstić information content (AvgIpc) is 2.31. The second-order valence-corrected chi connectivity index (χ2v) is 5.03. The van der Waals surface area contributed by atoms with Crippen LogP contribution >= 0.6 is 23.2 Å². The minimum atomic E-state index is -0.0758. The Morgan fingerprint density at radius 2 is 2.00 bits per heavy atom. The van der Waals surface area contributed by atoms with Crippen LogP contribution in [0.15, 0.2) is 10.6 Å². The monoisotopic (exact) mass is 206 g/mol. The molecule has 1 aliphatic rings. The van der Waals surface area contributed by atoms with Crippen molar-refractivity contribution in [1.82, 2.24) is 0 Å². The van der Waals surface area contributed by atoms with Crippen molar-refractivity contribution in [2.45, 2.75) is 26.7 Å². The Bertz CT molecular complexity index is 229. The first-order valence-corrected chi connectivity index (χ1v) is 4.67. The molecule has 68 valence electrons. The molecule has 0 aliphatic heterocycles. The maximum Gasteiger partial charge on any atom is 0.120 e. The fourth-order valence-corrected chi connectivity index (χ4v) is 2.17. The van der Waals surface area contributed by atoms with Gasteiger partial charge in [0.2, 0.25) is 0 Å². The summed E-state index contributed by atoms with van der Waals surface area (Å²) in [5.74, 6) is 0. The maximum absolute atomic E-state index is 10.4. The SMILES string of the molecule is CC1(C)CC1(C=C(Cl)Cl)CC=O. The van der Waals surface area contributed by atoms with Crippen molar-refractivity contribution in [2.24, 2.45) is 10.8 Å². The number of allylic oxidation sites excluding steroid dienone is 1. The van der Waals surface area contributed by atoms with E-state index in [-0.39, 0.29) is 15.3 Å². The van der Waals surface area contributed by atoms with Crippen LogP contribution in [0, 0.1) is 10.8 Å². The summed E-state index contributed by atoms with van der Waals surface area (Å²) in [6, 6.07) is 0. The van der Waals surface area contributed by atoms with Crippen molar-refractivity contribution >= 4 is 29.5 Å². The Balaban J connectivity index is 2.79. The highest BCUT2D eigenvalue weighted by molar-refractivity contribution is 6.55. The number of halogens is 2. The van der Waals surface area contributed by atoms with Gasteiger partial charge in [-0.3, -0.25) is 0 Å². The highest BCUT2D eigenvalue weighted by atomic mass is 35.5. The van der Waals surface area contributed by atoms with E-state index in [1.807, 2.05) is 0 Å². The van der Waals surface area contributed by atoms with Gasteiger partial charge < -0.3 is 4.79 Å². The number of rotatable bonds is 3. The van der Waals surface area contributed by atoms with E-state index in [1.54, 1.807) is 6.08 Å². The van der Waals surface area contributed by atoms with Crippen molar-refractivity contribution in [2.75, 3.05) is 0 Å². The average molecular weight is 207 g/mol. The van der Waals surface area contributed by atoms with Crippen LogP contribution in [0.25, 0.3) is 0 Å². The number of hydrogen-bond donors (Lipinski definition) is 0. The molecule has 1 unspecified atom stereocenters. The summed E-state index contributed by atoms with van der Waals surface area (Å²) in [6.07, 6.45) is 4.23. The first-order valence-electron chi connectivity index (χ1n) is 3.91. The van der Waals surface area contributed by atoms with Gasteiger partial charge in [0.25, 0.3) is 0 Å².